The fraction of sp³-hybridized carbons (Fsp3) is 0.214. The first-order chi connectivity index (χ1) is 10.4. The second-order valence-corrected chi connectivity index (χ2v) is 5.36. The lowest BCUT2D eigenvalue weighted by atomic mass is 10.1. The molecule has 0 fully saturated rings. The van der Waals surface area contributed by atoms with Gasteiger partial charge in [0, 0.05) is 24.7 Å². The Hall–Kier alpha value is -2.54. The van der Waals surface area contributed by atoms with Crippen molar-refractivity contribution >= 4 is 11.6 Å². The average Bonchev–Trinajstić information content (AvgIpc) is 2.49. The van der Waals surface area contributed by atoms with Crippen LogP contribution in [0.5, 0.6) is 0 Å². The van der Waals surface area contributed by atoms with E-state index in [1.54, 1.807) is 13.1 Å². The fourth-order valence-corrected chi connectivity index (χ4v) is 2.24. The number of aromatic nitrogens is 5. The molecule has 0 bridgehead atoms. The van der Waals surface area contributed by atoms with Gasteiger partial charge in [-0.15, -0.1) is 0 Å². The second kappa shape index (κ2) is 5.03. The predicted molar refractivity (Wildman–Crippen MR) is 82.1 cm³/mol. The molecule has 2 heterocycles. The zero-order chi connectivity index (χ0) is 16.0. The number of rotatable bonds is 1. The first-order valence-corrected chi connectivity index (χ1v) is 6.85. The largest absolute Gasteiger partial charge is 0.352 e. The Morgan fingerprint density at radius 2 is 1.86 bits per heavy atom. The highest BCUT2D eigenvalue weighted by atomic mass is 35.5. The summed E-state index contributed by atoms with van der Waals surface area (Å²) >= 11 is 6.12. The van der Waals surface area contributed by atoms with E-state index in [9.17, 15) is 9.59 Å². The molecule has 0 spiro atoms. The Labute approximate surface area is 130 Å². The van der Waals surface area contributed by atoms with Gasteiger partial charge >= 0.3 is 5.69 Å². The van der Waals surface area contributed by atoms with E-state index in [1.807, 2.05) is 19.1 Å². The van der Waals surface area contributed by atoms with Crippen LogP contribution < -0.4 is 11.2 Å². The third-order valence-electron chi connectivity index (χ3n) is 3.41. The first kappa shape index (κ1) is 14.4. The number of benzene rings is 1. The third kappa shape index (κ3) is 2.19. The summed E-state index contributed by atoms with van der Waals surface area (Å²) in [6, 6.07) is 5.41. The van der Waals surface area contributed by atoms with Gasteiger partial charge in [0.05, 0.1) is 0 Å². The molecule has 8 heteroatoms. The van der Waals surface area contributed by atoms with Crippen molar-refractivity contribution in [3.8, 4) is 22.9 Å². The molecule has 0 aliphatic carbocycles. The molecule has 7 nitrogen and oxygen atoms in total. The Morgan fingerprint density at radius 1 is 1.14 bits per heavy atom. The lowest BCUT2D eigenvalue weighted by molar-refractivity contribution is 0.678. The van der Waals surface area contributed by atoms with Crippen molar-refractivity contribution in [2.45, 2.75) is 6.92 Å². The van der Waals surface area contributed by atoms with Gasteiger partial charge in [-0.05, 0) is 18.6 Å². The van der Waals surface area contributed by atoms with Crippen LogP contribution in [0, 0.1) is 6.92 Å². The lowest BCUT2D eigenvalue weighted by Crippen LogP contribution is -2.36. The number of fused-ring (bicyclic) bond motifs is 1. The summed E-state index contributed by atoms with van der Waals surface area (Å²) in [5.74, 6) is 0.490. The minimum atomic E-state index is -0.636. The normalized spacial score (nSPS) is 11.1. The van der Waals surface area contributed by atoms with Crippen LogP contribution in [-0.2, 0) is 14.1 Å². The molecule has 0 N–H and O–H groups in total. The molecule has 0 radical (unpaired) electrons. The number of halogens is 1. The smallest absolute Gasteiger partial charge is 0.267 e. The standard InChI is InChI=1S/C14H12ClN5O2/c1-7-4-5-8(6-9(7)15)11-16-10-12(20(3)18-11)17-14(22)19(2)13(10)21/h4-6H,1-3H3. The van der Waals surface area contributed by atoms with E-state index in [0.717, 1.165) is 10.1 Å². The molecule has 2 aliphatic heterocycles. The first-order valence-electron chi connectivity index (χ1n) is 6.47. The highest BCUT2D eigenvalue weighted by Gasteiger charge is 2.19. The summed E-state index contributed by atoms with van der Waals surface area (Å²) in [7, 11) is 2.97. The van der Waals surface area contributed by atoms with Crippen LogP contribution in [-0.4, -0.2) is 24.3 Å². The molecule has 0 atom stereocenters. The Bertz CT molecular complexity index is 976. The average molecular weight is 318 g/mol. The van der Waals surface area contributed by atoms with Crippen molar-refractivity contribution < 1.29 is 0 Å². The molecule has 3 rings (SSSR count). The van der Waals surface area contributed by atoms with E-state index < -0.39 is 11.2 Å². The van der Waals surface area contributed by atoms with E-state index in [1.165, 1.54) is 11.7 Å². The van der Waals surface area contributed by atoms with E-state index in [4.69, 9.17) is 11.6 Å². The SMILES string of the molecule is Cc1ccc(-c2nc3c(=O)n(C)c(=O)nc-3n(C)n2)cc1Cl. The van der Waals surface area contributed by atoms with Crippen molar-refractivity contribution in [3.63, 3.8) is 0 Å². The van der Waals surface area contributed by atoms with Crippen LogP contribution in [0.15, 0.2) is 27.8 Å². The van der Waals surface area contributed by atoms with Crippen LogP contribution in [0.1, 0.15) is 5.56 Å². The van der Waals surface area contributed by atoms with E-state index >= 15 is 0 Å². The molecule has 2 aliphatic rings. The quantitative estimate of drug-likeness (QED) is 0.668. The highest BCUT2D eigenvalue weighted by molar-refractivity contribution is 6.31. The number of hydrogen-bond acceptors (Lipinski definition) is 5. The maximum atomic E-state index is 12.2. The van der Waals surface area contributed by atoms with Crippen LogP contribution >= 0.6 is 11.6 Å². The molecule has 112 valence electrons. The number of aryl methyl sites for hydroxylation is 2. The summed E-state index contributed by atoms with van der Waals surface area (Å²) in [6.07, 6.45) is 0. The molecule has 0 unspecified atom stereocenters. The fourth-order valence-electron chi connectivity index (χ4n) is 2.06. The Morgan fingerprint density at radius 3 is 2.55 bits per heavy atom. The van der Waals surface area contributed by atoms with Gasteiger partial charge in [-0.3, -0.25) is 9.36 Å². The minimum Gasteiger partial charge on any atom is -0.267 e. The van der Waals surface area contributed by atoms with Crippen molar-refractivity contribution in [2.24, 2.45) is 14.1 Å². The number of nitrogens with zero attached hydrogens (tertiary/aromatic N) is 5. The van der Waals surface area contributed by atoms with Crippen molar-refractivity contribution in [2.75, 3.05) is 0 Å². The predicted octanol–water partition coefficient (Wildman–Crippen LogP) is 1.00. The molecule has 0 amide bonds. The van der Waals surface area contributed by atoms with Gasteiger partial charge in [0.1, 0.15) is 0 Å². The van der Waals surface area contributed by atoms with Crippen LogP contribution in [0.3, 0.4) is 0 Å². The molecular weight excluding hydrogens is 306 g/mol. The summed E-state index contributed by atoms with van der Waals surface area (Å²) in [5.41, 5.74) is 0.562. The summed E-state index contributed by atoms with van der Waals surface area (Å²) in [4.78, 5) is 31.9. The topological polar surface area (TPSA) is 82.7 Å². The summed E-state index contributed by atoms with van der Waals surface area (Å²) in [6.45, 7) is 1.89. The molecule has 0 saturated carbocycles. The molecule has 22 heavy (non-hydrogen) atoms. The Balaban J connectivity index is 2.33. The zero-order valence-corrected chi connectivity index (χ0v) is 12.9. The molecular formula is C14H12ClN5O2. The minimum absolute atomic E-state index is 0.0892. The van der Waals surface area contributed by atoms with Crippen LogP contribution in [0.4, 0.5) is 0 Å². The molecule has 0 aromatic heterocycles. The maximum Gasteiger partial charge on any atom is 0.352 e. The zero-order valence-electron chi connectivity index (χ0n) is 12.2. The van der Waals surface area contributed by atoms with E-state index in [0.29, 0.717) is 16.4 Å². The van der Waals surface area contributed by atoms with Gasteiger partial charge in [-0.1, -0.05) is 23.7 Å². The van der Waals surface area contributed by atoms with Gasteiger partial charge in [-0.2, -0.15) is 10.1 Å². The molecule has 0 saturated heterocycles. The third-order valence-corrected chi connectivity index (χ3v) is 3.81. The van der Waals surface area contributed by atoms with Gasteiger partial charge < -0.3 is 0 Å². The lowest BCUT2D eigenvalue weighted by Gasteiger charge is -2.11. The van der Waals surface area contributed by atoms with Gasteiger partial charge in [0.2, 0.25) is 0 Å². The van der Waals surface area contributed by atoms with Crippen LogP contribution in [0.2, 0.25) is 5.02 Å². The highest BCUT2D eigenvalue weighted by Crippen LogP contribution is 2.23. The molecule has 1 aromatic carbocycles. The maximum absolute atomic E-state index is 12.2. The summed E-state index contributed by atoms with van der Waals surface area (Å²) in [5, 5.41) is 4.84. The summed E-state index contributed by atoms with van der Waals surface area (Å²) < 4.78 is 2.29. The van der Waals surface area contributed by atoms with Gasteiger partial charge in [0.15, 0.2) is 17.3 Å². The number of hydrogen-bond donors (Lipinski definition) is 0. The van der Waals surface area contributed by atoms with Gasteiger partial charge in [-0.25, -0.2) is 14.5 Å². The second-order valence-electron chi connectivity index (χ2n) is 4.95. The van der Waals surface area contributed by atoms with Gasteiger partial charge in [0.25, 0.3) is 5.56 Å². The van der Waals surface area contributed by atoms with Crippen LogP contribution in [0.25, 0.3) is 22.9 Å². The monoisotopic (exact) mass is 317 g/mol. The molecule has 1 aromatic rings. The Kier molecular flexibility index (Phi) is 3.29. The van der Waals surface area contributed by atoms with E-state index in [-0.39, 0.29) is 11.5 Å². The van der Waals surface area contributed by atoms with Crippen molar-refractivity contribution in [1.29, 1.82) is 0 Å². The van der Waals surface area contributed by atoms with Crippen molar-refractivity contribution in [1.82, 2.24) is 24.3 Å². The van der Waals surface area contributed by atoms with Crippen molar-refractivity contribution in [3.05, 3.63) is 49.6 Å². The van der Waals surface area contributed by atoms with E-state index in [2.05, 4.69) is 15.1 Å².